The van der Waals surface area contributed by atoms with Gasteiger partial charge >= 0.3 is 0 Å². The second-order valence-corrected chi connectivity index (χ2v) is 4.30. The van der Waals surface area contributed by atoms with E-state index in [9.17, 15) is 4.39 Å². The molecule has 1 aromatic carbocycles. The van der Waals surface area contributed by atoms with Crippen LogP contribution in [0, 0.1) is 5.82 Å². The summed E-state index contributed by atoms with van der Waals surface area (Å²) in [6.45, 7) is 0. The number of hydrogen-bond acceptors (Lipinski definition) is 3. The van der Waals surface area contributed by atoms with Gasteiger partial charge in [0.15, 0.2) is 5.75 Å². The molecule has 0 aromatic heterocycles. The summed E-state index contributed by atoms with van der Waals surface area (Å²) in [6.07, 6.45) is 4.35. The normalized spacial score (nSPS) is 16.6. The number of nitrogen functional groups attached to an aromatic ring is 1. The van der Waals surface area contributed by atoms with Crippen LogP contribution >= 0.6 is 11.6 Å². The molecule has 0 radical (unpaired) electrons. The van der Waals surface area contributed by atoms with Crippen LogP contribution in [0.1, 0.15) is 25.7 Å². The molecule has 1 saturated carbocycles. The first kappa shape index (κ1) is 11.5. The minimum absolute atomic E-state index is 0.00516. The quantitative estimate of drug-likeness (QED) is 0.505. The van der Waals surface area contributed by atoms with Gasteiger partial charge in [-0.15, -0.1) is 0 Å². The molecule has 3 nitrogen and oxygen atoms in total. The van der Waals surface area contributed by atoms with E-state index in [-0.39, 0.29) is 22.6 Å². The Labute approximate surface area is 98.2 Å². The highest BCUT2D eigenvalue weighted by molar-refractivity contribution is 6.32. The number of benzene rings is 1. The Balaban J connectivity index is 2.00. The second-order valence-electron chi connectivity index (χ2n) is 3.89. The molecule has 88 valence electrons. The third-order valence-electron chi connectivity index (χ3n) is 2.63. The highest BCUT2D eigenvalue weighted by atomic mass is 35.5. The highest BCUT2D eigenvalue weighted by Gasteiger charge is 2.18. The van der Waals surface area contributed by atoms with E-state index in [0.29, 0.717) is 0 Å². The molecule has 2 rings (SSSR count). The third-order valence-corrected chi connectivity index (χ3v) is 2.92. The lowest BCUT2D eigenvalue weighted by atomic mass is 10.3. The van der Waals surface area contributed by atoms with Crippen LogP contribution in [0.15, 0.2) is 12.1 Å². The van der Waals surface area contributed by atoms with Crippen LogP contribution in [0.4, 0.5) is 10.1 Å². The molecule has 0 saturated heterocycles. The van der Waals surface area contributed by atoms with E-state index in [4.69, 9.17) is 27.1 Å². The summed E-state index contributed by atoms with van der Waals surface area (Å²) in [7, 11) is 0. The SMILES string of the molecule is Nc1cc(OOC2CCCC2)c(Cl)cc1F. The molecule has 5 heteroatoms. The zero-order valence-corrected chi connectivity index (χ0v) is 9.47. The maximum Gasteiger partial charge on any atom is 0.186 e. The van der Waals surface area contributed by atoms with E-state index in [1.807, 2.05) is 0 Å². The van der Waals surface area contributed by atoms with E-state index in [1.54, 1.807) is 0 Å². The van der Waals surface area contributed by atoms with Crippen LogP contribution in [0.3, 0.4) is 0 Å². The fraction of sp³-hybridized carbons (Fsp3) is 0.455. The molecule has 0 amide bonds. The Morgan fingerprint density at radius 2 is 2.00 bits per heavy atom. The van der Waals surface area contributed by atoms with Gasteiger partial charge in [-0.1, -0.05) is 24.4 Å². The van der Waals surface area contributed by atoms with Gasteiger partial charge in [-0.05, 0) is 18.9 Å². The Morgan fingerprint density at radius 3 is 2.69 bits per heavy atom. The molecule has 0 atom stereocenters. The van der Waals surface area contributed by atoms with Gasteiger partial charge in [0, 0.05) is 6.07 Å². The molecule has 0 spiro atoms. The maximum absolute atomic E-state index is 13.0. The maximum atomic E-state index is 13.0. The van der Waals surface area contributed by atoms with Gasteiger partial charge in [-0.2, -0.15) is 4.89 Å². The van der Waals surface area contributed by atoms with Crippen molar-refractivity contribution in [2.24, 2.45) is 0 Å². The zero-order valence-electron chi connectivity index (χ0n) is 8.71. The average Bonchev–Trinajstić information content (AvgIpc) is 2.74. The van der Waals surface area contributed by atoms with Crippen LogP contribution in [-0.2, 0) is 4.89 Å². The topological polar surface area (TPSA) is 44.5 Å². The van der Waals surface area contributed by atoms with Crippen molar-refractivity contribution in [2.45, 2.75) is 31.8 Å². The first-order valence-electron chi connectivity index (χ1n) is 5.24. The fourth-order valence-corrected chi connectivity index (χ4v) is 1.90. The summed E-state index contributed by atoms with van der Waals surface area (Å²) in [5.74, 6) is -0.300. The van der Waals surface area contributed by atoms with E-state index in [0.717, 1.165) is 31.7 Å². The Bertz CT molecular complexity index is 380. The molecule has 1 aliphatic carbocycles. The van der Waals surface area contributed by atoms with E-state index in [2.05, 4.69) is 0 Å². The molecule has 0 unspecified atom stereocenters. The van der Waals surface area contributed by atoms with Crippen molar-refractivity contribution in [3.63, 3.8) is 0 Å². The van der Waals surface area contributed by atoms with Crippen LogP contribution in [-0.4, -0.2) is 6.10 Å². The number of hydrogen-bond donors (Lipinski definition) is 1. The van der Waals surface area contributed by atoms with Gasteiger partial charge in [-0.3, -0.25) is 0 Å². The molecule has 1 aromatic rings. The smallest absolute Gasteiger partial charge is 0.186 e. The highest BCUT2D eigenvalue weighted by Crippen LogP contribution is 2.30. The molecule has 0 bridgehead atoms. The molecule has 0 heterocycles. The number of anilines is 1. The first-order chi connectivity index (χ1) is 7.66. The summed E-state index contributed by atoms with van der Waals surface area (Å²) in [6, 6.07) is 2.44. The molecule has 0 aliphatic heterocycles. The van der Waals surface area contributed by atoms with Crippen molar-refractivity contribution in [3.05, 3.63) is 23.0 Å². The number of nitrogens with two attached hydrogens (primary N) is 1. The minimum atomic E-state index is -0.557. The molecule has 1 aliphatic rings. The van der Waals surface area contributed by atoms with Gasteiger partial charge in [0.05, 0.1) is 10.7 Å². The standard InChI is InChI=1S/C11H13ClFNO2/c12-8-5-9(13)10(14)6-11(8)16-15-7-3-1-2-4-7/h5-7H,1-4,14H2. The van der Waals surface area contributed by atoms with E-state index >= 15 is 0 Å². The van der Waals surface area contributed by atoms with Gasteiger partial charge in [0.25, 0.3) is 0 Å². The van der Waals surface area contributed by atoms with Crippen molar-refractivity contribution < 1.29 is 14.2 Å². The van der Waals surface area contributed by atoms with Crippen molar-refractivity contribution in [2.75, 3.05) is 5.73 Å². The van der Waals surface area contributed by atoms with Gasteiger partial charge in [-0.25, -0.2) is 4.39 Å². The zero-order chi connectivity index (χ0) is 11.5. The lowest BCUT2D eigenvalue weighted by molar-refractivity contribution is -0.242. The fourth-order valence-electron chi connectivity index (χ4n) is 1.71. The van der Waals surface area contributed by atoms with Crippen LogP contribution in [0.5, 0.6) is 5.75 Å². The lowest BCUT2D eigenvalue weighted by Crippen LogP contribution is -2.10. The first-order valence-corrected chi connectivity index (χ1v) is 5.62. The van der Waals surface area contributed by atoms with Gasteiger partial charge < -0.3 is 10.6 Å². The van der Waals surface area contributed by atoms with Crippen molar-refractivity contribution in [3.8, 4) is 5.75 Å². The van der Waals surface area contributed by atoms with Crippen molar-refractivity contribution in [1.82, 2.24) is 0 Å². The Kier molecular flexibility index (Phi) is 3.51. The third kappa shape index (κ3) is 2.57. The summed E-state index contributed by atoms with van der Waals surface area (Å²) in [5.41, 5.74) is 5.40. The Hall–Kier alpha value is -1.00. The number of halogens is 2. The molecular weight excluding hydrogens is 233 g/mol. The molecule has 16 heavy (non-hydrogen) atoms. The summed E-state index contributed by atoms with van der Waals surface area (Å²) in [4.78, 5) is 10.3. The Morgan fingerprint density at radius 1 is 1.31 bits per heavy atom. The molecule has 1 fully saturated rings. The average molecular weight is 246 g/mol. The van der Waals surface area contributed by atoms with Crippen LogP contribution in [0.25, 0.3) is 0 Å². The summed E-state index contributed by atoms with van der Waals surface area (Å²) < 4.78 is 13.0. The molecule has 2 N–H and O–H groups in total. The lowest BCUT2D eigenvalue weighted by Gasteiger charge is -2.11. The van der Waals surface area contributed by atoms with Crippen LogP contribution < -0.4 is 10.6 Å². The van der Waals surface area contributed by atoms with Gasteiger partial charge in [0.2, 0.25) is 0 Å². The van der Waals surface area contributed by atoms with Gasteiger partial charge in [0.1, 0.15) is 11.9 Å². The molecular formula is C11H13ClFNO2. The van der Waals surface area contributed by atoms with E-state index < -0.39 is 5.82 Å². The minimum Gasteiger partial charge on any atom is -0.396 e. The van der Waals surface area contributed by atoms with E-state index in [1.165, 1.54) is 6.07 Å². The van der Waals surface area contributed by atoms with Crippen LogP contribution in [0.2, 0.25) is 5.02 Å². The number of rotatable bonds is 3. The second kappa shape index (κ2) is 4.89. The van der Waals surface area contributed by atoms with Crippen molar-refractivity contribution in [1.29, 1.82) is 0 Å². The monoisotopic (exact) mass is 245 g/mol. The van der Waals surface area contributed by atoms with Crippen molar-refractivity contribution >= 4 is 17.3 Å². The largest absolute Gasteiger partial charge is 0.396 e. The summed E-state index contributed by atoms with van der Waals surface area (Å²) >= 11 is 5.79. The summed E-state index contributed by atoms with van der Waals surface area (Å²) in [5, 5.41) is 0.157. The predicted molar refractivity (Wildman–Crippen MR) is 59.8 cm³/mol. The predicted octanol–water partition coefficient (Wildman–Crippen LogP) is 3.31.